The first kappa shape index (κ1) is 15.3. The molecule has 0 aromatic heterocycles. The Labute approximate surface area is 133 Å². The average Bonchev–Trinajstić information content (AvgIpc) is 2.43. The topological polar surface area (TPSA) is 26.3 Å². The summed E-state index contributed by atoms with van der Waals surface area (Å²) in [4.78, 5) is 12.3. The Bertz CT molecular complexity index is 597. The summed E-state index contributed by atoms with van der Waals surface area (Å²) in [5, 5.41) is 0. The predicted octanol–water partition coefficient (Wildman–Crippen LogP) is 4.92. The van der Waals surface area contributed by atoms with Crippen LogP contribution in [0.2, 0.25) is 0 Å². The Morgan fingerprint density at radius 3 is 2.45 bits per heavy atom. The Hall–Kier alpha value is -1.57. The van der Waals surface area contributed by atoms with E-state index >= 15 is 0 Å². The number of aryl methyl sites for hydroxylation is 1. The van der Waals surface area contributed by atoms with Crippen molar-refractivity contribution in [3.8, 4) is 0 Å². The first-order valence-corrected chi connectivity index (χ1v) is 8.46. The molecule has 0 saturated heterocycles. The molecule has 0 amide bonds. The van der Waals surface area contributed by atoms with Crippen LogP contribution >= 0.6 is 0 Å². The predicted molar refractivity (Wildman–Crippen MR) is 88.5 cm³/mol. The van der Waals surface area contributed by atoms with E-state index in [2.05, 4.69) is 37.8 Å². The Balaban J connectivity index is 2.11. The van der Waals surface area contributed by atoms with E-state index in [4.69, 9.17) is 4.74 Å². The summed E-state index contributed by atoms with van der Waals surface area (Å²) >= 11 is 0. The molecule has 2 aliphatic rings. The van der Waals surface area contributed by atoms with Crippen molar-refractivity contribution in [2.24, 2.45) is 5.41 Å². The van der Waals surface area contributed by atoms with Gasteiger partial charge in [-0.2, -0.15) is 0 Å². The van der Waals surface area contributed by atoms with Crippen molar-refractivity contribution in [1.29, 1.82) is 0 Å². The molecular formula is C20H26O2. The first-order chi connectivity index (χ1) is 10.5. The molecule has 2 heteroatoms. The van der Waals surface area contributed by atoms with E-state index < -0.39 is 5.60 Å². The Morgan fingerprint density at radius 1 is 1.14 bits per heavy atom. The maximum Gasteiger partial charge on any atom is 0.334 e. The van der Waals surface area contributed by atoms with Crippen molar-refractivity contribution in [1.82, 2.24) is 0 Å². The van der Waals surface area contributed by atoms with Crippen molar-refractivity contribution in [3.05, 3.63) is 47.5 Å². The Kier molecular flexibility index (Phi) is 3.88. The SMILES string of the molecule is C=C(C)C(=O)OC1(C)c2ccccc2CCCCC12CCC2. The van der Waals surface area contributed by atoms with E-state index in [0.29, 0.717) is 5.57 Å². The average molecular weight is 298 g/mol. The summed E-state index contributed by atoms with van der Waals surface area (Å²) in [5.74, 6) is -0.260. The Morgan fingerprint density at radius 2 is 1.82 bits per heavy atom. The van der Waals surface area contributed by atoms with Gasteiger partial charge in [-0.15, -0.1) is 0 Å². The lowest BCUT2D eigenvalue weighted by Gasteiger charge is -2.55. The molecule has 0 aliphatic heterocycles. The highest BCUT2D eigenvalue weighted by atomic mass is 16.6. The number of rotatable bonds is 2. The summed E-state index contributed by atoms with van der Waals surface area (Å²) in [5.41, 5.74) is 2.61. The van der Waals surface area contributed by atoms with Crippen LogP contribution < -0.4 is 0 Å². The van der Waals surface area contributed by atoms with Gasteiger partial charge in [0, 0.05) is 11.0 Å². The highest BCUT2D eigenvalue weighted by Gasteiger charge is 2.56. The van der Waals surface area contributed by atoms with Gasteiger partial charge in [0.25, 0.3) is 0 Å². The molecule has 1 unspecified atom stereocenters. The normalized spacial score (nSPS) is 26.3. The molecule has 0 radical (unpaired) electrons. The largest absolute Gasteiger partial charge is 0.451 e. The van der Waals surface area contributed by atoms with E-state index in [9.17, 15) is 4.79 Å². The fourth-order valence-electron chi connectivity index (χ4n) is 4.27. The third kappa shape index (κ3) is 2.29. The molecule has 22 heavy (non-hydrogen) atoms. The van der Waals surface area contributed by atoms with Crippen LogP contribution in [0.25, 0.3) is 0 Å². The monoisotopic (exact) mass is 298 g/mol. The first-order valence-electron chi connectivity index (χ1n) is 8.46. The molecule has 0 heterocycles. The third-order valence-corrected chi connectivity index (χ3v) is 5.85. The van der Waals surface area contributed by atoms with Crippen molar-refractivity contribution in [2.45, 2.75) is 64.4 Å². The van der Waals surface area contributed by atoms with E-state index in [1.165, 1.54) is 30.4 Å². The van der Waals surface area contributed by atoms with Gasteiger partial charge in [-0.05, 0) is 57.1 Å². The molecule has 3 rings (SSSR count). The van der Waals surface area contributed by atoms with Crippen LogP contribution in [0.1, 0.15) is 63.5 Å². The number of ether oxygens (including phenoxy) is 1. The van der Waals surface area contributed by atoms with Gasteiger partial charge in [-0.3, -0.25) is 0 Å². The molecule has 2 nitrogen and oxygen atoms in total. The second-order valence-corrected chi connectivity index (χ2v) is 7.20. The number of hydrogen-bond donors (Lipinski definition) is 0. The molecule has 118 valence electrons. The molecular weight excluding hydrogens is 272 g/mol. The lowest BCUT2D eigenvalue weighted by Crippen LogP contribution is -2.52. The molecule has 2 aliphatic carbocycles. The second-order valence-electron chi connectivity index (χ2n) is 7.20. The highest BCUT2D eigenvalue weighted by Crippen LogP contribution is 2.60. The molecule has 1 atom stereocenters. The summed E-state index contributed by atoms with van der Waals surface area (Å²) in [6, 6.07) is 8.51. The molecule has 1 spiro atoms. The van der Waals surface area contributed by atoms with Crippen LogP contribution in [0.4, 0.5) is 0 Å². The summed E-state index contributed by atoms with van der Waals surface area (Å²) in [6.07, 6.45) is 8.22. The summed E-state index contributed by atoms with van der Waals surface area (Å²) in [7, 11) is 0. The van der Waals surface area contributed by atoms with E-state index in [1.54, 1.807) is 6.92 Å². The summed E-state index contributed by atoms with van der Waals surface area (Å²) < 4.78 is 6.12. The lowest BCUT2D eigenvalue weighted by atomic mass is 9.54. The van der Waals surface area contributed by atoms with Crippen molar-refractivity contribution in [3.63, 3.8) is 0 Å². The maximum absolute atomic E-state index is 12.3. The zero-order chi connectivity index (χ0) is 15.8. The molecule has 1 aromatic carbocycles. The van der Waals surface area contributed by atoms with Crippen molar-refractivity contribution in [2.75, 3.05) is 0 Å². The third-order valence-electron chi connectivity index (χ3n) is 5.85. The fourth-order valence-corrected chi connectivity index (χ4v) is 4.27. The van der Waals surface area contributed by atoms with Gasteiger partial charge in [0.1, 0.15) is 5.60 Å². The van der Waals surface area contributed by atoms with Gasteiger partial charge in [0.15, 0.2) is 0 Å². The van der Waals surface area contributed by atoms with Gasteiger partial charge >= 0.3 is 5.97 Å². The van der Waals surface area contributed by atoms with Crippen LogP contribution in [-0.2, 0) is 21.6 Å². The standard InChI is InChI=1S/C20H26O2/c1-15(2)18(21)22-19(3)17-11-5-4-9-16(17)10-6-7-12-20(19)13-8-14-20/h4-5,9,11H,1,6-8,10,12-14H2,2-3H3. The van der Waals surface area contributed by atoms with Crippen molar-refractivity contribution >= 4 is 5.97 Å². The maximum atomic E-state index is 12.3. The van der Waals surface area contributed by atoms with E-state index in [1.807, 2.05) is 0 Å². The van der Waals surface area contributed by atoms with Crippen LogP contribution in [0, 0.1) is 5.41 Å². The molecule has 0 bridgehead atoms. The van der Waals surface area contributed by atoms with Crippen LogP contribution in [0.15, 0.2) is 36.4 Å². The molecule has 1 saturated carbocycles. The van der Waals surface area contributed by atoms with Crippen LogP contribution in [0.3, 0.4) is 0 Å². The smallest absolute Gasteiger partial charge is 0.334 e. The van der Waals surface area contributed by atoms with Gasteiger partial charge in [-0.25, -0.2) is 4.79 Å². The quantitative estimate of drug-likeness (QED) is 0.572. The summed E-state index contributed by atoms with van der Waals surface area (Å²) in [6.45, 7) is 7.63. The number of carbonyl (C=O) groups excluding carboxylic acids is 1. The van der Waals surface area contributed by atoms with Gasteiger partial charge in [-0.1, -0.05) is 43.7 Å². The number of fused-ring (bicyclic) bond motifs is 1. The molecule has 0 N–H and O–H groups in total. The minimum atomic E-state index is -0.529. The van der Waals surface area contributed by atoms with Crippen LogP contribution in [0.5, 0.6) is 0 Å². The zero-order valence-corrected chi connectivity index (χ0v) is 13.8. The second kappa shape index (κ2) is 5.57. The lowest BCUT2D eigenvalue weighted by molar-refractivity contribution is -0.187. The van der Waals surface area contributed by atoms with Crippen LogP contribution in [-0.4, -0.2) is 5.97 Å². The van der Waals surface area contributed by atoms with E-state index in [-0.39, 0.29) is 11.4 Å². The number of carbonyl (C=O) groups is 1. The number of benzene rings is 1. The number of esters is 1. The zero-order valence-electron chi connectivity index (χ0n) is 13.8. The number of hydrogen-bond acceptors (Lipinski definition) is 2. The fraction of sp³-hybridized carbons (Fsp3) is 0.550. The van der Waals surface area contributed by atoms with Gasteiger partial charge in [0.2, 0.25) is 0 Å². The molecule has 1 fully saturated rings. The van der Waals surface area contributed by atoms with Gasteiger partial charge in [0.05, 0.1) is 0 Å². The minimum Gasteiger partial charge on any atom is -0.451 e. The highest BCUT2D eigenvalue weighted by molar-refractivity contribution is 5.87. The minimum absolute atomic E-state index is 0.106. The van der Waals surface area contributed by atoms with E-state index in [0.717, 1.165) is 25.7 Å². The van der Waals surface area contributed by atoms with Crippen molar-refractivity contribution < 1.29 is 9.53 Å². The molecule has 1 aromatic rings. The van der Waals surface area contributed by atoms with Gasteiger partial charge < -0.3 is 4.74 Å².